The molecule has 0 saturated heterocycles. The Balaban J connectivity index is 1.78. The zero-order chi connectivity index (χ0) is 13.4. The van der Waals surface area contributed by atoms with E-state index in [1.807, 2.05) is 12.1 Å². The monoisotopic (exact) mass is 313 g/mol. The van der Waals surface area contributed by atoms with Gasteiger partial charge in [-0.2, -0.15) is 0 Å². The second-order valence-electron chi connectivity index (χ2n) is 4.72. The van der Waals surface area contributed by atoms with Gasteiger partial charge in [-0.15, -0.1) is 11.3 Å². The minimum Gasteiger partial charge on any atom is -0.363 e. The van der Waals surface area contributed by atoms with Crippen LogP contribution in [0.2, 0.25) is 9.49 Å². The number of aromatic nitrogens is 2. The smallest absolute Gasteiger partial charge is 0.135 e. The molecule has 1 aliphatic rings. The SMILES string of the molecule is CC(Nc1cc(Cl)nc(C2CC2)n1)c1ccc(Cl)s1. The van der Waals surface area contributed by atoms with E-state index in [4.69, 9.17) is 23.2 Å². The van der Waals surface area contributed by atoms with E-state index in [1.54, 1.807) is 17.4 Å². The number of nitrogens with one attached hydrogen (secondary N) is 1. The van der Waals surface area contributed by atoms with E-state index in [0.717, 1.165) is 28.8 Å². The molecular weight excluding hydrogens is 301 g/mol. The molecule has 1 N–H and O–H groups in total. The molecule has 0 amide bonds. The van der Waals surface area contributed by atoms with Crippen molar-refractivity contribution in [3.8, 4) is 0 Å². The molecule has 19 heavy (non-hydrogen) atoms. The van der Waals surface area contributed by atoms with Crippen LogP contribution in [0.25, 0.3) is 0 Å². The van der Waals surface area contributed by atoms with Crippen molar-refractivity contribution >= 4 is 40.4 Å². The van der Waals surface area contributed by atoms with Gasteiger partial charge in [-0.25, -0.2) is 9.97 Å². The molecule has 0 spiro atoms. The van der Waals surface area contributed by atoms with Crippen molar-refractivity contribution in [3.05, 3.63) is 38.4 Å². The van der Waals surface area contributed by atoms with E-state index in [1.165, 1.54) is 4.88 Å². The average Bonchev–Trinajstić information content (AvgIpc) is 3.11. The fraction of sp³-hybridized carbons (Fsp3) is 0.385. The van der Waals surface area contributed by atoms with Crippen LogP contribution in [0.1, 0.15) is 42.4 Å². The van der Waals surface area contributed by atoms with Crippen LogP contribution in [-0.4, -0.2) is 9.97 Å². The Morgan fingerprint density at radius 2 is 2.11 bits per heavy atom. The van der Waals surface area contributed by atoms with Crippen LogP contribution >= 0.6 is 34.5 Å². The maximum absolute atomic E-state index is 6.05. The first-order valence-corrected chi connectivity index (χ1v) is 7.75. The van der Waals surface area contributed by atoms with Crippen LogP contribution in [0, 0.1) is 0 Å². The largest absolute Gasteiger partial charge is 0.363 e. The molecule has 100 valence electrons. The molecule has 1 fully saturated rings. The topological polar surface area (TPSA) is 37.8 Å². The number of thiophene rings is 1. The van der Waals surface area contributed by atoms with Crippen LogP contribution in [0.3, 0.4) is 0 Å². The molecule has 1 atom stereocenters. The molecule has 0 aliphatic heterocycles. The molecular formula is C13H13Cl2N3S. The molecule has 1 aliphatic carbocycles. The van der Waals surface area contributed by atoms with Gasteiger partial charge in [0.1, 0.15) is 16.8 Å². The van der Waals surface area contributed by atoms with E-state index < -0.39 is 0 Å². The van der Waals surface area contributed by atoms with Crippen molar-refractivity contribution in [3.63, 3.8) is 0 Å². The first kappa shape index (κ1) is 13.2. The lowest BCUT2D eigenvalue weighted by molar-refractivity contribution is 0.868. The second kappa shape index (κ2) is 5.27. The fourth-order valence-electron chi connectivity index (χ4n) is 1.89. The second-order valence-corrected chi connectivity index (χ2v) is 6.85. The van der Waals surface area contributed by atoms with Crippen LogP contribution < -0.4 is 5.32 Å². The van der Waals surface area contributed by atoms with E-state index in [-0.39, 0.29) is 6.04 Å². The molecule has 1 unspecified atom stereocenters. The molecule has 6 heteroatoms. The predicted molar refractivity (Wildman–Crippen MR) is 80.4 cm³/mol. The highest BCUT2D eigenvalue weighted by molar-refractivity contribution is 7.16. The Bertz CT molecular complexity index is 595. The van der Waals surface area contributed by atoms with Gasteiger partial charge in [0.15, 0.2) is 0 Å². The third-order valence-corrected chi connectivity index (χ3v) is 4.65. The Kier molecular flexibility index (Phi) is 3.65. The lowest BCUT2D eigenvalue weighted by Crippen LogP contribution is -2.08. The van der Waals surface area contributed by atoms with Gasteiger partial charge in [0.25, 0.3) is 0 Å². The standard InChI is InChI=1S/C13H13Cl2N3S/c1-7(9-4-5-11(15)19-9)16-12-6-10(14)17-13(18-12)8-2-3-8/h4-8H,2-3H2,1H3,(H,16,17,18). The van der Waals surface area contributed by atoms with Crippen LogP contribution in [0.5, 0.6) is 0 Å². The lowest BCUT2D eigenvalue weighted by atomic mass is 10.3. The van der Waals surface area contributed by atoms with Crippen molar-refractivity contribution in [1.82, 2.24) is 9.97 Å². The van der Waals surface area contributed by atoms with Gasteiger partial charge >= 0.3 is 0 Å². The van der Waals surface area contributed by atoms with Gasteiger partial charge in [0, 0.05) is 16.9 Å². The molecule has 1 saturated carbocycles. The molecule has 2 aromatic rings. The number of hydrogen-bond donors (Lipinski definition) is 1. The van der Waals surface area contributed by atoms with Gasteiger partial charge in [0.2, 0.25) is 0 Å². The summed E-state index contributed by atoms with van der Waals surface area (Å²) in [5.74, 6) is 2.12. The van der Waals surface area contributed by atoms with Crippen molar-refractivity contribution in [2.45, 2.75) is 31.7 Å². The third-order valence-electron chi connectivity index (χ3n) is 3.04. The third kappa shape index (κ3) is 3.19. The van der Waals surface area contributed by atoms with Gasteiger partial charge in [-0.3, -0.25) is 0 Å². The summed E-state index contributed by atoms with van der Waals surface area (Å²) in [6.07, 6.45) is 2.33. The van der Waals surface area contributed by atoms with Crippen molar-refractivity contribution in [1.29, 1.82) is 0 Å². The molecule has 3 rings (SSSR count). The van der Waals surface area contributed by atoms with E-state index in [0.29, 0.717) is 11.1 Å². The van der Waals surface area contributed by atoms with Crippen LogP contribution in [0.4, 0.5) is 5.82 Å². The molecule has 0 radical (unpaired) electrons. The van der Waals surface area contributed by atoms with Gasteiger partial charge in [0.05, 0.1) is 10.4 Å². The quantitative estimate of drug-likeness (QED) is 0.816. The highest BCUT2D eigenvalue weighted by Crippen LogP contribution is 2.39. The average molecular weight is 314 g/mol. The summed E-state index contributed by atoms with van der Waals surface area (Å²) < 4.78 is 0.794. The highest BCUT2D eigenvalue weighted by atomic mass is 35.5. The normalized spacial score (nSPS) is 16.4. The minimum absolute atomic E-state index is 0.149. The zero-order valence-electron chi connectivity index (χ0n) is 10.4. The number of hydrogen-bond acceptors (Lipinski definition) is 4. The summed E-state index contributed by atoms with van der Waals surface area (Å²) in [5.41, 5.74) is 0. The van der Waals surface area contributed by atoms with E-state index >= 15 is 0 Å². The first-order chi connectivity index (χ1) is 9.11. The van der Waals surface area contributed by atoms with E-state index in [9.17, 15) is 0 Å². The van der Waals surface area contributed by atoms with Crippen molar-refractivity contribution in [2.24, 2.45) is 0 Å². The van der Waals surface area contributed by atoms with Crippen LogP contribution in [-0.2, 0) is 0 Å². The predicted octanol–water partition coefficient (Wildman–Crippen LogP) is 4.90. The molecule has 0 bridgehead atoms. The Hall–Kier alpha value is -0.840. The van der Waals surface area contributed by atoms with Crippen molar-refractivity contribution < 1.29 is 0 Å². The molecule has 2 aromatic heterocycles. The number of nitrogens with zero attached hydrogens (tertiary/aromatic N) is 2. The maximum Gasteiger partial charge on any atom is 0.135 e. The summed E-state index contributed by atoms with van der Waals surface area (Å²) >= 11 is 13.6. The number of halogens is 2. The summed E-state index contributed by atoms with van der Waals surface area (Å²) in [4.78, 5) is 9.98. The number of rotatable bonds is 4. The maximum atomic E-state index is 6.05. The summed E-state index contributed by atoms with van der Waals surface area (Å²) in [5, 5.41) is 3.85. The fourth-order valence-corrected chi connectivity index (χ4v) is 3.14. The Morgan fingerprint density at radius 1 is 1.32 bits per heavy atom. The molecule has 0 aromatic carbocycles. The van der Waals surface area contributed by atoms with Gasteiger partial charge in [-0.05, 0) is 31.9 Å². The summed E-state index contributed by atoms with van der Waals surface area (Å²) in [7, 11) is 0. The highest BCUT2D eigenvalue weighted by Gasteiger charge is 2.27. The molecule has 3 nitrogen and oxygen atoms in total. The Labute approximate surface area is 126 Å². The van der Waals surface area contributed by atoms with Gasteiger partial charge < -0.3 is 5.32 Å². The summed E-state index contributed by atoms with van der Waals surface area (Å²) in [6, 6.07) is 5.84. The van der Waals surface area contributed by atoms with Crippen LogP contribution in [0.15, 0.2) is 18.2 Å². The lowest BCUT2D eigenvalue weighted by Gasteiger charge is -2.13. The minimum atomic E-state index is 0.149. The number of anilines is 1. The summed E-state index contributed by atoms with van der Waals surface area (Å²) in [6.45, 7) is 2.08. The Morgan fingerprint density at radius 3 is 2.74 bits per heavy atom. The zero-order valence-corrected chi connectivity index (χ0v) is 12.7. The van der Waals surface area contributed by atoms with Gasteiger partial charge in [-0.1, -0.05) is 23.2 Å². The van der Waals surface area contributed by atoms with Crippen molar-refractivity contribution in [2.75, 3.05) is 5.32 Å². The first-order valence-electron chi connectivity index (χ1n) is 6.18. The van der Waals surface area contributed by atoms with E-state index in [2.05, 4.69) is 22.2 Å². The molecule has 2 heterocycles.